The van der Waals surface area contributed by atoms with Crippen LogP contribution in [0.5, 0.6) is 11.5 Å². The molecular weight excluding hydrogens is 403 g/mol. The normalized spacial score (nSPS) is 12.7. The molecule has 1 amide bonds. The van der Waals surface area contributed by atoms with Crippen LogP contribution in [0.15, 0.2) is 40.9 Å². The van der Waals surface area contributed by atoms with Gasteiger partial charge in [-0.2, -0.15) is 0 Å². The summed E-state index contributed by atoms with van der Waals surface area (Å²) in [5.41, 5.74) is 1.96. The molecule has 2 aromatic carbocycles. The lowest BCUT2D eigenvalue weighted by Gasteiger charge is -2.19. The van der Waals surface area contributed by atoms with E-state index in [1.54, 1.807) is 25.1 Å². The summed E-state index contributed by atoms with van der Waals surface area (Å²) >= 11 is 12.5. The van der Waals surface area contributed by atoms with E-state index in [1.807, 2.05) is 18.2 Å². The van der Waals surface area contributed by atoms with Crippen LogP contribution in [0.4, 0.5) is 0 Å². The van der Waals surface area contributed by atoms with E-state index in [1.165, 1.54) is 0 Å². The number of fused-ring (bicyclic) bond motifs is 1. The highest BCUT2D eigenvalue weighted by molar-refractivity contribution is 6.39. The molecule has 3 aromatic rings. The number of carbonyl (C=O) groups is 1. The highest BCUT2D eigenvalue weighted by atomic mass is 35.5. The zero-order valence-corrected chi connectivity index (χ0v) is 16.4. The van der Waals surface area contributed by atoms with Crippen molar-refractivity contribution in [3.05, 3.63) is 63.3 Å². The van der Waals surface area contributed by atoms with Gasteiger partial charge in [0, 0.05) is 12.1 Å². The van der Waals surface area contributed by atoms with Crippen molar-refractivity contribution in [1.29, 1.82) is 0 Å². The Labute approximate surface area is 171 Å². The van der Waals surface area contributed by atoms with E-state index in [0.29, 0.717) is 63.9 Å². The van der Waals surface area contributed by atoms with Crippen LogP contribution in [0.3, 0.4) is 0 Å². The molecule has 1 aliphatic rings. The van der Waals surface area contributed by atoms with Gasteiger partial charge in [-0.25, -0.2) is 0 Å². The molecule has 0 radical (unpaired) electrons. The molecule has 1 aliphatic heterocycles. The summed E-state index contributed by atoms with van der Waals surface area (Å²) < 4.78 is 16.3. The summed E-state index contributed by atoms with van der Waals surface area (Å²) in [7, 11) is 0. The number of rotatable bonds is 4. The Hall–Kier alpha value is -2.70. The fourth-order valence-electron chi connectivity index (χ4n) is 3.00. The second-order valence-corrected chi connectivity index (χ2v) is 7.03. The molecule has 0 spiro atoms. The van der Waals surface area contributed by atoms with Crippen molar-refractivity contribution < 1.29 is 18.8 Å². The molecule has 6 nitrogen and oxygen atoms in total. The van der Waals surface area contributed by atoms with E-state index < -0.39 is 0 Å². The van der Waals surface area contributed by atoms with Gasteiger partial charge in [0.1, 0.15) is 30.2 Å². The van der Waals surface area contributed by atoms with Crippen molar-refractivity contribution in [3.63, 3.8) is 0 Å². The number of hydrogen-bond acceptors (Lipinski definition) is 5. The van der Waals surface area contributed by atoms with Crippen molar-refractivity contribution in [2.24, 2.45) is 0 Å². The molecule has 28 heavy (non-hydrogen) atoms. The Kier molecular flexibility index (Phi) is 5.15. The zero-order valence-electron chi connectivity index (χ0n) is 14.9. The van der Waals surface area contributed by atoms with Crippen molar-refractivity contribution in [1.82, 2.24) is 10.5 Å². The maximum atomic E-state index is 12.9. The summed E-state index contributed by atoms with van der Waals surface area (Å²) in [6.45, 7) is 3.00. The SMILES string of the molecule is Cc1onc(-c2c(Cl)cccc2Cl)c1C(=O)NCc1ccc2c(c1)OCCO2. The summed E-state index contributed by atoms with van der Waals surface area (Å²) in [5, 5.41) is 7.66. The Balaban J connectivity index is 1.57. The van der Waals surface area contributed by atoms with Gasteiger partial charge in [0.2, 0.25) is 0 Å². The van der Waals surface area contributed by atoms with E-state index in [0.717, 1.165) is 5.56 Å². The summed E-state index contributed by atoms with van der Waals surface area (Å²) in [6, 6.07) is 10.6. The average molecular weight is 419 g/mol. The highest BCUT2D eigenvalue weighted by Crippen LogP contribution is 2.36. The molecule has 2 heterocycles. The predicted molar refractivity (Wildman–Crippen MR) is 105 cm³/mol. The van der Waals surface area contributed by atoms with E-state index in [9.17, 15) is 4.79 Å². The number of carbonyl (C=O) groups excluding carboxylic acids is 1. The van der Waals surface area contributed by atoms with Gasteiger partial charge in [-0.1, -0.05) is 40.5 Å². The Morgan fingerprint density at radius 2 is 1.82 bits per heavy atom. The minimum Gasteiger partial charge on any atom is -0.486 e. The van der Waals surface area contributed by atoms with Crippen LogP contribution >= 0.6 is 23.2 Å². The minimum atomic E-state index is -0.334. The molecular formula is C20H16Cl2N2O4. The molecule has 0 saturated carbocycles. The summed E-state index contributed by atoms with van der Waals surface area (Å²) in [5.74, 6) is 1.42. The maximum absolute atomic E-state index is 12.9. The molecule has 144 valence electrons. The van der Waals surface area contributed by atoms with Crippen molar-refractivity contribution in [2.45, 2.75) is 13.5 Å². The second-order valence-electron chi connectivity index (χ2n) is 6.22. The third-order valence-electron chi connectivity index (χ3n) is 4.35. The van der Waals surface area contributed by atoms with E-state index in [2.05, 4.69) is 10.5 Å². The van der Waals surface area contributed by atoms with E-state index in [4.69, 9.17) is 37.2 Å². The number of aryl methyl sites for hydroxylation is 1. The average Bonchev–Trinajstić information content (AvgIpc) is 3.07. The highest BCUT2D eigenvalue weighted by Gasteiger charge is 2.24. The number of benzene rings is 2. The second kappa shape index (κ2) is 7.73. The van der Waals surface area contributed by atoms with Gasteiger partial charge in [0.25, 0.3) is 5.91 Å². The molecule has 0 atom stereocenters. The minimum absolute atomic E-state index is 0.299. The lowest BCUT2D eigenvalue weighted by Crippen LogP contribution is -2.24. The molecule has 0 unspecified atom stereocenters. The zero-order chi connectivity index (χ0) is 19.7. The molecule has 0 saturated heterocycles. The third-order valence-corrected chi connectivity index (χ3v) is 4.98. The number of halogens is 2. The van der Waals surface area contributed by atoms with Gasteiger partial charge in [0.05, 0.1) is 10.0 Å². The van der Waals surface area contributed by atoms with Gasteiger partial charge >= 0.3 is 0 Å². The first-order valence-electron chi connectivity index (χ1n) is 8.62. The summed E-state index contributed by atoms with van der Waals surface area (Å²) in [4.78, 5) is 12.9. The first kappa shape index (κ1) is 18.7. The van der Waals surface area contributed by atoms with Crippen molar-refractivity contribution >= 4 is 29.1 Å². The molecule has 1 N–H and O–H groups in total. The quantitative estimate of drug-likeness (QED) is 0.666. The number of nitrogens with one attached hydrogen (secondary N) is 1. The number of hydrogen-bond donors (Lipinski definition) is 1. The lowest BCUT2D eigenvalue weighted by molar-refractivity contribution is 0.0950. The maximum Gasteiger partial charge on any atom is 0.257 e. The van der Waals surface area contributed by atoms with Gasteiger partial charge in [-0.05, 0) is 36.8 Å². The topological polar surface area (TPSA) is 73.6 Å². The first-order chi connectivity index (χ1) is 13.5. The number of ether oxygens (including phenoxy) is 2. The van der Waals surface area contributed by atoms with Crippen LogP contribution < -0.4 is 14.8 Å². The Morgan fingerprint density at radius 3 is 2.57 bits per heavy atom. The largest absolute Gasteiger partial charge is 0.486 e. The third kappa shape index (κ3) is 3.53. The first-order valence-corrected chi connectivity index (χ1v) is 9.37. The van der Waals surface area contributed by atoms with Gasteiger partial charge < -0.3 is 19.3 Å². The van der Waals surface area contributed by atoms with Crippen LogP contribution in [0.1, 0.15) is 21.7 Å². The number of nitrogens with zero attached hydrogens (tertiary/aromatic N) is 1. The van der Waals surface area contributed by atoms with Crippen molar-refractivity contribution in [3.8, 4) is 22.8 Å². The molecule has 0 bridgehead atoms. The summed E-state index contributed by atoms with van der Waals surface area (Å²) in [6.07, 6.45) is 0. The fraction of sp³-hybridized carbons (Fsp3) is 0.200. The van der Waals surface area contributed by atoms with Gasteiger partial charge in [-0.3, -0.25) is 4.79 Å². The van der Waals surface area contributed by atoms with Gasteiger partial charge in [0.15, 0.2) is 11.5 Å². The Bertz CT molecular complexity index is 1030. The van der Waals surface area contributed by atoms with Crippen molar-refractivity contribution in [2.75, 3.05) is 13.2 Å². The number of amides is 1. The standard InChI is InChI=1S/C20H16Cl2N2O4/c1-11-17(19(24-28-11)18-13(21)3-2-4-14(18)22)20(25)23-10-12-5-6-15-16(9-12)27-8-7-26-15/h2-6,9H,7-8,10H2,1H3,(H,23,25). The van der Waals surface area contributed by atoms with Crippen LogP contribution in [-0.4, -0.2) is 24.3 Å². The van der Waals surface area contributed by atoms with Crippen LogP contribution in [0, 0.1) is 6.92 Å². The molecule has 0 fully saturated rings. The smallest absolute Gasteiger partial charge is 0.257 e. The van der Waals surface area contributed by atoms with Crippen LogP contribution in [-0.2, 0) is 6.54 Å². The Morgan fingerprint density at radius 1 is 1.11 bits per heavy atom. The number of aromatic nitrogens is 1. The van der Waals surface area contributed by atoms with E-state index in [-0.39, 0.29) is 5.91 Å². The molecule has 1 aromatic heterocycles. The van der Waals surface area contributed by atoms with Crippen LogP contribution in [0.25, 0.3) is 11.3 Å². The molecule has 8 heteroatoms. The fourth-order valence-corrected chi connectivity index (χ4v) is 3.58. The monoisotopic (exact) mass is 418 g/mol. The molecule has 0 aliphatic carbocycles. The van der Waals surface area contributed by atoms with E-state index >= 15 is 0 Å². The van der Waals surface area contributed by atoms with Crippen LogP contribution in [0.2, 0.25) is 10.0 Å². The van der Waals surface area contributed by atoms with Gasteiger partial charge in [-0.15, -0.1) is 0 Å². The molecule has 4 rings (SSSR count). The lowest BCUT2D eigenvalue weighted by atomic mass is 10.1. The predicted octanol–water partition coefficient (Wildman–Crippen LogP) is 4.66.